The quantitative estimate of drug-likeness (QED) is 0.259. The van der Waals surface area contributed by atoms with Crippen LogP contribution < -0.4 is 16.1 Å². The number of hydrogen-bond acceptors (Lipinski definition) is 5. The van der Waals surface area contributed by atoms with Gasteiger partial charge in [-0.3, -0.25) is 29.4 Å². The summed E-state index contributed by atoms with van der Waals surface area (Å²) in [5, 5.41) is 5.93. The number of hydrazine groups is 1. The second kappa shape index (κ2) is 13.2. The Morgan fingerprint density at radius 2 is 1.77 bits per heavy atom. The van der Waals surface area contributed by atoms with E-state index in [0.29, 0.717) is 25.7 Å². The number of fused-ring (bicyclic) bond motifs is 1. The van der Waals surface area contributed by atoms with E-state index in [4.69, 9.17) is 23.2 Å². The van der Waals surface area contributed by atoms with Gasteiger partial charge in [-0.2, -0.15) is 0 Å². The SMILES string of the molecule is CCC(CC)[C@H](NC(=O)[C@H](F)Cl)C(=O)N1C[C@@H]2CCC[C@@H]2[C@H]1C(=O)NN(C[C@@H]1CC(C)(C)NC1=O)C(=O)[C@H](F)Cl. The molecule has 3 fully saturated rings. The van der Waals surface area contributed by atoms with E-state index in [1.807, 2.05) is 27.7 Å². The zero-order chi connectivity index (χ0) is 29.9. The van der Waals surface area contributed by atoms with E-state index >= 15 is 0 Å². The number of halogens is 4. The van der Waals surface area contributed by atoms with Crippen LogP contribution in [0.3, 0.4) is 0 Å². The Balaban J connectivity index is 1.88. The largest absolute Gasteiger partial charge is 0.351 e. The van der Waals surface area contributed by atoms with Crippen molar-refractivity contribution in [2.24, 2.45) is 23.7 Å². The van der Waals surface area contributed by atoms with Gasteiger partial charge in [0.2, 0.25) is 11.8 Å². The second-order valence-electron chi connectivity index (χ2n) is 11.7. The number of alkyl halides is 4. The predicted octanol–water partition coefficient (Wildman–Crippen LogP) is 2.38. The maximum absolute atomic E-state index is 14.0. The van der Waals surface area contributed by atoms with Crippen molar-refractivity contribution in [3.63, 3.8) is 0 Å². The Morgan fingerprint density at radius 3 is 2.30 bits per heavy atom. The van der Waals surface area contributed by atoms with Gasteiger partial charge in [-0.25, -0.2) is 13.8 Å². The number of amides is 5. The fraction of sp³-hybridized carbons (Fsp3) is 0.808. The monoisotopic (exact) mass is 609 g/mol. The van der Waals surface area contributed by atoms with E-state index in [9.17, 15) is 32.8 Å². The van der Waals surface area contributed by atoms with Crippen LogP contribution in [0.2, 0.25) is 0 Å². The molecule has 3 N–H and O–H groups in total. The molecule has 1 aliphatic carbocycles. The van der Waals surface area contributed by atoms with Crippen LogP contribution in [0.1, 0.15) is 66.2 Å². The van der Waals surface area contributed by atoms with Crippen LogP contribution in [0.5, 0.6) is 0 Å². The summed E-state index contributed by atoms with van der Waals surface area (Å²) in [6, 6.07) is -2.14. The van der Waals surface area contributed by atoms with Crippen molar-refractivity contribution in [3.8, 4) is 0 Å². The molecule has 1 saturated carbocycles. The fourth-order valence-electron chi connectivity index (χ4n) is 6.48. The Morgan fingerprint density at radius 1 is 1.12 bits per heavy atom. The fourth-order valence-corrected chi connectivity index (χ4v) is 6.66. The Hall–Kier alpha value is -2.21. The van der Waals surface area contributed by atoms with Crippen LogP contribution in [-0.4, -0.2) is 81.4 Å². The van der Waals surface area contributed by atoms with E-state index in [0.717, 1.165) is 17.9 Å². The van der Waals surface area contributed by atoms with Gasteiger partial charge in [0.25, 0.3) is 29.0 Å². The summed E-state index contributed by atoms with van der Waals surface area (Å²) < 4.78 is 27.5. The van der Waals surface area contributed by atoms with Crippen molar-refractivity contribution in [1.82, 2.24) is 26.0 Å². The highest BCUT2D eigenvalue weighted by Crippen LogP contribution is 2.43. The molecule has 14 heteroatoms. The van der Waals surface area contributed by atoms with Gasteiger partial charge in [-0.05, 0) is 50.9 Å². The summed E-state index contributed by atoms with van der Waals surface area (Å²) in [6.45, 7) is 7.22. The van der Waals surface area contributed by atoms with Gasteiger partial charge in [0.15, 0.2) is 0 Å². The molecule has 2 heterocycles. The average molecular weight is 611 g/mol. The van der Waals surface area contributed by atoms with E-state index in [1.54, 1.807) is 0 Å². The number of carbonyl (C=O) groups is 5. The van der Waals surface area contributed by atoms with Crippen molar-refractivity contribution in [2.45, 2.75) is 95.1 Å². The molecule has 226 valence electrons. The lowest BCUT2D eigenvalue weighted by Gasteiger charge is -2.35. The molecule has 2 saturated heterocycles. The molecule has 0 radical (unpaired) electrons. The number of likely N-dealkylation sites (tertiary alicyclic amines) is 1. The van der Waals surface area contributed by atoms with E-state index in [-0.39, 0.29) is 36.8 Å². The van der Waals surface area contributed by atoms with Gasteiger partial charge in [-0.1, -0.05) is 56.3 Å². The van der Waals surface area contributed by atoms with Crippen molar-refractivity contribution in [3.05, 3.63) is 0 Å². The molecule has 0 aromatic heterocycles. The molecule has 0 aromatic rings. The topological polar surface area (TPSA) is 128 Å². The molecule has 3 aliphatic rings. The molecular formula is C26H39Cl2F2N5O5. The lowest BCUT2D eigenvalue weighted by molar-refractivity contribution is -0.150. The van der Waals surface area contributed by atoms with Crippen LogP contribution in [0, 0.1) is 23.7 Å². The van der Waals surface area contributed by atoms with E-state index in [1.165, 1.54) is 4.90 Å². The summed E-state index contributed by atoms with van der Waals surface area (Å²) in [7, 11) is 0. The van der Waals surface area contributed by atoms with Gasteiger partial charge in [0.1, 0.15) is 12.1 Å². The standard InChI is InChI=1S/C26H39Cl2F2N5O5/c1-5-13(6-2)17(31-23(38)19(27)29)24(39)34-11-14-8-7-9-16(14)18(34)22(37)33-35(25(40)20(28)30)12-15-10-26(3,4)32-21(15)36/h13-20H,5-12H2,1-4H3,(H,31,38)(H,32,36)(H,33,37)/t14-,15-,16-,17-,18-,19-,20-/m0/s1. The lowest BCUT2D eigenvalue weighted by atomic mass is 9.91. The molecule has 3 rings (SSSR count). The maximum atomic E-state index is 14.0. The highest BCUT2D eigenvalue weighted by Gasteiger charge is 2.52. The van der Waals surface area contributed by atoms with Crippen molar-refractivity contribution >= 4 is 52.7 Å². The molecule has 0 spiro atoms. The zero-order valence-corrected chi connectivity index (χ0v) is 24.7. The maximum Gasteiger partial charge on any atom is 0.291 e. The van der Waals surface area contributed by atoms with Crippen molar-refractivity contribution in [1.29, 1.82) is 0 Å². The minimum atomic E-state index is -2.46. The molecule has 0 bridgehead atoms. The minimum absolute atomic E-state index is 0.00668. The van der Waals surface area contributed by atoms with Gasteiger partial charge in [0, 0.05) is 12.1 Å². The first-order chi connectivity index (χ1) is 18.7. The minimum Gasteiger partial charge on any atom is -0.351 e. The number of nitrogens with zero attached hydrogens (tertiary/aromatic N) is 2. The first-order valence-electron chi connectivity index (χ1n) is 13.8. The van der Waals surface area contributed by atoms with Crippen LogP contribution >= 0.6 is 23.2 Å². The van der Waals surface area contributed by atoms with Crippen LogP contribution in [0.15, 0.2) is 0 Å². The summed E-state index contributed by atoms with van der Waals surface area (Å²) in [5.74, 6) is -5.27. The van der Waals surface area contributed by atoms with Gasteiger partial charge < -0.3 is 15.5 Å². The molecule has 40 heavy (non-hydrogen) atoms. The number of rotatable bonds is 10. The Bertz CT molecular complexity index is 997. The highest BCUT2D eigenvalue weighted by molar-refractivity contribution is 6.30. The van der Waals surface area contributed by atoms with Gasteiger partial charge in [0.05, 0.1) is 12.5 Å². The van der Waals surface area contributed by atoms with E-state index < -0.39 is 58.4 Å². The third-order valence-corrected chi connectivity index (χ3v) is 8.80. The zero-order valence-electron chi connectivity index (χ0n) is 23.2. The first kappa shape index (κ1) is 32.3. The van der Waals surface area contributed by atoms with Gasteiger partial charge >= 0.3 is 0 Å². The summed E-state index contributed by atoms with van der Waals surface area (Å²) >= 11 is 10.8. The summed E-state index contributed by atoms with van der Waals surface area (Å²) in [6.07, 6.45) is 3.62. The van der Waals surface area contributed by atoms with Crippen LogP contribution in [-0.2, 0) is 24.0 Å². The lowest BCUT2D eigenvalue weighted by Crippen LogP contribution is -2.60. The summed E-state index contributed by atoms with van der Waals surface area (Å²) in [5.41, 5.74) is -2.90. The molecule has 5 amide bonds. The van der Waals surface area contributed by atoms with Gasteiger partial charge in [-0.15, -0.1) is 0 Å². The third-order valence-electron chi connectivity index (χ3n) is 8.41. The predicted molar refractivity (Wildman–Crippen MR) is 144 cm³/mol. The summed E-state index contributed by atoms with van der Waals surface area (Å²) in [4.78, 5) is 66.3. The average Bonchev–Trinajstić information content (AvgIpc) is 3.54. The normalized spacial score (nSPS) is 27.5. The smallest absolute Gasteiger partial charge is 0.291 e. The van der Waals surface area contributed by atoms with Crippen LogP contribution in [0.25, 0.3) is 0 Å². The molecule has 0 aromatic carbocycles. The van der Waals surface area contributed by atoms with Crippen molar-refractivity contribution < 1.29 is 32.8 Å². The first-order valence-corrected chi connectivity index (χ1v) is 14.7. The molecule has 0 unspecified atom stereocenters. The van der Waals surface area contributed by atoms with E-state index in [2.05, 4.69) is 16.1 Å². The Labute approximate surface area is 243 Å². The number of hydrogen-bond donors (Lipinski definition) is 3. The number of carbonyl (C=O) groups excluding carboxylic acids is 5. The third kappa shape index (κ3) is 7.16. The molecule has 7 atom stereocenters. The Kier molecular flexibility index (Phi) is 10.6. The molecule has 10 nitrogen and oxygen atoms in total. The molecular weight excluding hydrogens is 571 g/mol. The van der Waals surface area contributed by atoms with Crippen LogP contribution in [0.4, 0.5) is 8.78 Å². The second-order valence-corrected chi connectivity index (χ2v) is 12.4. The highest BCUT2D eigenvalue weighted by atomic mass is 35.5. The number of nitrogens with one attached hydrogen (secondary N) is 3. The van der Waals surface area contributed by atoms with Crippen molar-refractivity contribution in [2.75, 3.05) is 13.1 Å². The molecule has 2 aliphatic heterocycles.